The first-order chi connectivity index (χ1) is 7.53. The van der Waals surface area contributed by atoms with Crippen molar-refractivity contribution in [2.24, 2.45) is 0 Å². The average molecular weight is 250 g/mol. The molecule has 3 nitrogen and oxygen atoms in total. The van der Waals surface area contributed by atoms with E-state index >= 15 is 0 Å². The number of esters is 1. The van der Waals surface area contributed by atoms with Gasteiger partial charge in [0.15, 0.2) is 0 Å². The lowest BCUT2D eigenvalue weighted by atomic mass is 10.4. The van der Waals surface area contributed by atoms with E-state index in [1.165, 1.54) is 19.6 Å². The minimum absolute atomic E-state index is 0.257. The third kappa shape index (κ3) is 11.5. The van der Waals surface area contributed by atoms with Gasteiger partial charge in [-0.1, -0.05) is 27.4 Å². The molecule has 0 unspecified atom stereocenters. The highest BCUT2D eigenvalue weighted by Gasteiger charge is 1.99. The van der Waals surface area contributed by atoms with Gasteiger partial charge in [-0.15, -0.1) is 11.6 Å². The molecule has 0 aliphatic heterocycles. The van der Waals surface area contributed by atoms with Gasteiger partial charge in [0.1, 0.15) is 6.61 Å². The fourth-order valence-corrected chi connectivity index (χ4v) is 1.00. The molecule has 0 aromatic heterocycles. The summed E-state index contributed by atoms with van der Waals surface area (Å²) in [6.45, 7) is 15.4. The lowest BCUT2D eigenvalue weighted by molar-refractivity contribution is -0.138. The maximum absolute atomic E-state index is 10.5. The van der Waals surface area contributed by atoms with Gasteiger partial charge >= 0.3 is 5.97 Å². The second kappa shape index (κ2) is 12.5. The van der Waals surface area contributed by atoms with E-state index in [2.05, 4.69) is 37.0 Å². The Labute approximate surface area is 104 Å². The molecule has 0 aliphatic carbocycles. The zero-order valence-electron chi connectivity index (χ0n) is 10.9. The largest absolute Gasteiger partial charge is 0.461 e. The average Bonchev–Trinajstić information content (AvgIpc) is 2.29. The number of hydrogen-bond acceptors (Lipinski definition) is 3. The van der Waals surface area contributed by atoms with Gasteiger partial charge in [-0.2, -0.15) is 0 Å². The Morgan fingerprint density at radius 2 is 1.69 bits per heavy atom. The smallest absolute Gasteiger partial charge is 0.333 e. The van der Waals surface area contributed by atoms with Crippen LogP contribution < -0.4 is 0 Å². The summed E-state index contributed by atoms with van der Waals surface area (Å²) in [5.74, 6) is -0.0467. The van der Waals surface area contributed by atoms with Crippen LogP contribution >= 0.6 is 11.6 Å². The molecule has 0 saturated carbocycles. The van der Waals surface area contributed by atoms with Crippen LogP contribution in [0.25, 0.3) is 0 Å². The summed E-state index contributed by atoms with van der Waals surface area (Å²) in [6, 6.07) is 0. The monoisotopic (exact) mass is 249 g/mol. The van der Waals surface area contributed by atoms with Crippen molar-refractivity contribution >= 4 is 17.6 Å². The Balaban J connectivity index is 0. The Hall–Kier alpha value is -0.540. The number of ether oxygens (including phenoxy) is 1. The standard InChI is InChI=1S/C6H9ClO2.C6H15N/c1-5(2)6(8)9-4-3-7;1-4-7(5-2)6-3/h1,3-4H2,2H3;4-6H2,1-3H3. The topological polar surface area (TPSA) is 29.5 Å². The van der Waals surface area contributed by atoms with E-state index in [-0.39, 0.29) is 12.6 Å². The van der Waals surface area contributed by atoms with Crippen LogP contribution in [0.5, 0.6) is 0 Å². The molecule has 0 aromatic carbocycles. The first-order valence-corrected chi connectivity index (χ1v) is 6.17. The third-order valence-corrected chi connectivity index (χ3v) is 2.15. The van der Waals surface area contributed by atoms with Crippen molar-refractivity contribution in [3.8, 4) is 0 Å². The molecule has 0 rings (SSSR count). The van der Waals surface area contributed by atoms with E-state index in [9.17, 15) is 4.79 Å². The molecular weight excluding hydrogens is 226 g/mol. The number of nitrogens with zero attached hydrogens (tertiary/aromatic N) is 1. The lowest BCUT2D eigenvalue weighted by Gasteiger charge is -2.13. The molecule has 0 N–H and O–H groups in total. The van der Waals surface area contributed by atoms with Gasteiger partial charge in [0.05, 0.1) is 5.88 Å². The molecular formula is C12H24ClNO2. The summed E-state index contributed by atoms with van der Waals surface area (Å²) in [4.78, 5) is 12.9. The molecule has 0 amide bonds. The van der Waals surface area contributed by atoms with E-state index in [0.29, 0.717) is 11.5 Å². The molecule has 0 heterocycles. The highest BCUT2D eigenvalue weighted by molar-refractivity contribution is 6.18. The molecule has 0 saturated heterocycles. The van der Waals surface area contributed by atoms with Crippen molar-refractivity contribution in [1.29, 1.82) is 0 Å². The van der Waals surface area contributed by atoms with E-state index in [0.717, 1.165) is 0 Å². The molecule has 0 spiro atoms. The maximum atomic E-state index is 10.5. The number of alkyl halides is 1. The van der Waals surface area contributed by atoms with E-state index in [1.807, 2.05) is 0 Å². The zero-order chi connectivity index (χ0) is 13.0. The summed E-state index contributed by atoms with van der Waals surface area (Å²) in [5, 5.41) is 0. The van der Waals surface area contributed by atoms with Gasteiger partial charge < -0.3 is 9.64 Å². The highest BCUT2D eigenvalue weighted by Crippen LogP contribution is 1.91. The molecule has 0 aliphatic rings. The summed E-state index contributed by atoms with van der Waals surface area (Å²) in [6.07, 6.45) is 0. The van der Waals surface area contributed by atoms with Crippen LogP contribution in [-0.2, 0) is 9.53 Å². The predicted octanol–water partition coefficient (Wildman–Crippen LogP) is 2.69. The van der Waals surface area contributed by atoms with Gasteiger partial charge in [-0.3, -0.25) is 0 Å². The fraction of sp³-hybridized carbons (Fsp3) is 0.750. The summed E-state index contributed by atoms with van der Waals surface area (Å²) in [5.41, 5.74) is 0.403. The SMILES string of the molecule is C=C(C)C(=O)OCCCl.CCN(CC)CC. The molecule has 0 fully saturated rings. The van der Waals surface area contributed by atoms with Crippen LogP contribution in [0.2, 0.25) is 0 Å². The number of rotatable bonds is 6. The van der Waals surface area contributed by atoms with Crippen LogP contribution in [0.15, 0.2) is 12.2 Å². The van der Waals surface area contributed by atoms with Gasteiger partial charge in [-0.05, 0) is 26.6 Å². The van der Waals surface area contributed by atoms with Crippen LogP contribution in [0, 0.1) is 0 Å². The van der Waals surface area contributed by atoms with Crippen LogP contribution in [0.1, 0.15) is 27.7 Å². The number of carbonyl (C=O) groups is 1. The Morgan fingerprint density at radius 3 is 1.88 bits per heavy atom. The zero-order valence-corrected chi connectivity index (χ0v) is 11.6. The van der Waals surface area contributed by atoms with Crippen molar-refractivity contribution in [1.82, 2.24) is 4.90 Å². The molecule has 0 aromatic rings. The Bertz CT molecular complexity index is 186. The molecule has 0 atom stereocenters. The first-order valence-electron chi connectivity index (χ1n) is 5.64. The lowest BCUT2D eigenvalue weighted by Crippen LogP contribution is -2.21. The molecule has 16 heavy (non-hydrogen) atoms. The highest BCUT2D eigenvalue weighted by atomic mass is 35.5. The van der Waals surface area contributed by atoms with Crippen molar-refractivity contribution in [3.05, 3.63) is 12.2 Å². The van der Waals surface area contributed by atoms with Gasteiger partial charge in [0.25, 0.3) is 0 Å². The summed E-state index contributed by atoms with van der Waals surface area (Å²) < 4.78 is 4.58. The Kier molecular flexibility index (Phi) is 14.0. The fourth-order valence-electron chi connectivity index (χ4n) is 0.925. The number of hydrogen-bond donors (Lipinski definition) is 0. The molecule has 96 valence electrons. The normalized spacial score (nSPS) is 9.38. The van der Waals surface area contributed by atoms with Crippen LogP contribution in [0.3, 0.4) is 0 Å². The van der Waals surface area contributed by atoms with Crippen LogP contribution in [0.4, 0.5) is 0 Å². The van der Waals surface area contributed by atoms with Crippen molar-refractivity contribution in [3.63, 3.8) is 0 Å². The van der Waals surface area contributed by atoms with Gasteiger partial charge in [-0.25, -0.2) is 4.79 Å². The van der Waals surface area contributed by atoms with Gasteiger partial charge in [0, 0.05) is 5.57 Å². The van der Waals surface area contributed by atoms with Crippen molar-refractivity contribution < 1.29 is 9.53 Å². The van der Waals surface area contributed by atoms with Crippen molar-refractivity contribution in [2.45, 2.75) is 27.7 Å². The Morgan fingerprint density at radius 1 is 1.25 bits per heavy atom. The van der Waals surface area contributed by atoms with E-state index < -0.39 is 0 Å². The third-order valence-electron chi connectivity index (χ3n) is 2.00. The van der Waals surface area contributed by atoms with Crippen molar-refractivity contribution in [2.75, 3.05) is 32.1 Å². The second-order valence-electron chi connectivity index (χ2n) is 3.22. The predicted molar refractivity (Wildman–Crippen MR) is 70.0 cm³/mol. The summed E-state index contributed by atoms with van der Waals surface area (Å²) in [7, 11) is 0. The first kappa shape index (κ1) is 17.8. The number of carbonyl (C=O) groups excluding carboxylic acids is 1. The van der Waals surface area contributed by atoms with Gasteiger partial charge in [0.2, 0.25) is 0 Å². The quantitative estimate of drug-likeness (QED) is 0.412. The molecule has 0 bridgehead atoms. The molecule has 0 radical (unpaired) electrons. The van der Waals surface area contributed by atoms with E-state index in [4.69, 9.17) is 11.6 Å². The van der Waals surface area contributed by atoms with E-state index in [1.54, 1.807) is 6.92 Å². The minimum atomic E-state index is -0.379. The maximum Gasteiger partial charge on any atom is 0.333 e. The summed E-state index contributed by atoms with van der Waals surface area (Å²) >= 11 is 5.24. The minimum Gasteiger partial charge on any atom is -0.461 e. The molecule has 4 heteroatoms. The number of halogens is 1. The van der Waals surface area contributed by atoms with Crippen LogP contribution in [-0.4, -0.2) is 43.0 Å². The second-order valence-corrected chi connectivity index (χ2v) is 3.60.